The molecule has 1 unspecified atom stereocenters. The normalized spacial score (nSPS) is 25.8. The Bertz CT molecular complexity index is 234. The minimum absolute atomic E-state index is 0. The van der Waals surface area contributed by atoms with Gasteiger partial charge in [0, 0.05) is 33.3 Å². The van der Waals surface area contributed by atoms with E-state index in [0.29, 0.717) is 19.8 Å². The van der Waals surface area contributed by atoms with Gasteiger partial charge in [0.05, 0.1) is 25.2 Å². The number of carbonyl (C=O) groups is 1. The fourth-order valence-corrected chi connectivity index (χ4v) is 1.93. The van der Waals surface area contributed by atoms with E-state index in [1.807, 2.05) is 4.90 Å². The topological polar surface area (TPSA) is 50.8 Å². The first-order chi connectivity index (χ1) is 7.31. The van der Waals surface area contributed by atoms with E-state index >= 15 is 0 Å². The van der Waals surface area contributed by atoms with Crippen molar-refractivity contribution in [3.05, 3.63) is 0 Å². The van der Waals surface area contributed by atoms with Gasteiger partial charge in [-0.25, -0.2) is 0 Å². The van der Waals surface area contributed by atoms with Gasteiger partial charge < -0.3 is 19.7 Å². The molecule has 0 aromatic carbocycles. The largest absolute Gasteiger partial charge is 0.382 e. The smallest absolute Gasteiger partial charge is 0.228 e. The van der Waals surface area contributed by atoms with Crippen LogP contribution >= 0.6 is 12.4 Å². The number of hydrogen-bond acceptors (Lipinski definition) is 4. The molecule has 2 aliphatic rings. The number of nitrogens with one attached hydrogen (secondary N) is 1. The molecule has 94 valence electrons. The lowest BCUT2D eigenvalue weighted by atomic mass is 10.0. The molecule has 0 aliphatic carbocycles. The third-order valence-corrected chi connectivity index (χ3v) is 2.93. The SMILES string of the molecule is COCC1CN(C(=O)C2CNC2)CCO1.Cl. The first kappa shape index (κ1) is 13.7. The number of amides is 1. The molecule has 1 amide bonds. The zero-order chi connectivity index (χ0) is 10.7. The van der Waals surface area contributed by atoms with E-state index in [9.17, 15) is 4.79 Å². The van der Waals surface area contributed by atoms with Crippen LogP contribution in [0.1, 0.15) is 0 Å². The summed E-state index contributed by atoms with van der Waals surface area (Å²) in [4.78, 5) is 13.8. The Morgan fingerprint density at radius 1 is 1.56 bits per heavy atom. The fourth-order valence-electron chi connectivity index (χ4n) is 1.93. The van der Waals surface area contributed by atoms with E-state index in [-0.39, 0.29) is 30.3 Å². The predicted octanol–water partition coefficient (Wildman–Crippen LogP) is -0.499. The summed E-state index contributed by atoms with van der Waals surface area (Å²) in [7, 11) is 1.65. The second kappa shape index (κ2) is 6.39. The van der Waals surface area contributed by atoms with Crippen molar-refractivity contribution >= 4 is 18.3 Å². The zero-order valence-corrected chi connectivity index (χ0v) is 10.3. The molecule has 0 spiro atoms. The Kier molecular flexibility index (Phi) is 5.48. The van der Waals surface area contributed by atoms with Crippen molar-refractivity contribution in [1.29, 1.82) is 0 Å². The van der Waals surface area contributed by atoms with Gasteiger partial charge in [0.1, 0.15) is 0 Å². The van der Waals surface area contributed by atoms with Crippen LogP contribution in [0.15, 0.2) is 0 Å². The summed E-state index contributed by atoms with van der Waals surface area (Å²) < 4.78 is 10.5. The van der Waals surface area contributed by atoms with Crippen molar-refractivity contribution in [3.63, 3.8) is 0 Å². The van der Waals surface area contributed by atoms with E-state index in [1.165, 1.54) is 0 Å². The number of ether oxygens (including phenoxy) is 2. The number of halogens is 1. The average molecular weight is 251 g/mol. The maximum atomic E-state index is 11.9. The van der Waals surface area contributed by atoms with Crippen LogP contribution in [-0.4, -0.2) is 63.4 Å². The van der Waals surface area contributed by atoms with Crippen molar-refractivity contribution in [2.75, 3.05) is 46.5 Å². The molecule has 0 aromatic heterocycles. The van der Waals surface area contributed by atoms with Gasteiger partial charge in [0.15, 0.2) is 0 Å². The Morgan fingerprint density at radius 2 is 2.31 bits per heavy atom. The van der Waals surface area contributed by atoms with Crippen LogP contribution in [0, 0.1) is 5.92 Å². The molecule has 0 radical (unpaired) electrons. The molecule has 0 saturated carbocycles. The van der Waals surface area contributed by atoms with E-state index in [2.05, 4.69) is 5.32 Å². The summed E-state index contributed by atoms with van der Waals surface area (Å²) in [5, 5.41) is 3.11. The van der Waals surface area contributed by atoms with Gasteiger partial charge in [-0.2, -0.15) is 0 Å². The van der Waals surface area contributed by atoms with Crippen molar-refractivity contribution in [3.8, 4) is 0 Å². The molecule has 2 rings (SSSR count). The first-order valence-corrected chi connectivity index (χ1v) is 5.41. The summed E-state index contributed by atoms with van der Waals surface area (Å²) >= 11 is 0. The van der Waals surface area contributed by atoms with E-state index < -0.39 is 0 Å². The number of carbonyl (C=O) groups excluding carboxylic acids is 1. The number of methoxy groups -OCH3 is 1. The maximum absolute atomic E-state index is 11.9. The summed E-state index contributed by atoms with van der Waals surface area (Å²) in [6, 6.07) is 0. The lowest BCUT2D eigenvalue weighted by Crippen LogP contribution is -2.56. The van der Waals surface area contributed by atoms with Crippen LogP contribution in [0.25, 0.3) is 0 Å². The van der Waals surface area contributed by atoms with Gasteiger partial charge in [0.25, 0.3) is 0 Å². The second-order valence-corrected chi connectivity index (χ2v) is 4.09. The fraction of sp³-hybridized carbons (Fsp3) is 0.900. The molecule has 2 aliphatic heterocycles. The van der Waals surface area contributed by atoms with Crippen LogP contribution in [0.2, 0.25) is 0 Å². The molecule has 2 heterocycles. The molecule has 16 heavy (non-hydrogen) atoms. The van der Waals surface area contributed by atoms with Gasteiger partial charge in [0.2, 0.25) is 5.91 Å². The first-order valence-electron chi connectivity index (χ1n) is 5.41. The zero-order valence-electron chi connectivity index (χ0n) is 9.48. The van der Waals surface area contributed by atoms with Crippen molar-refractivity contribution in [2.24, 2.45) is 5.92 Å². The van der Waals surface area contributed by atoms with Gasteiger partial charge in [-0.05, 0) is 0 Å². The Hall–Kier alpha value is -0.360. The van der Waals surface area contributed by atoms with E-state index in [1.54, 1.807) is 7.11 Å². The molecular weight excluding hydrogens is 232 g/mol. The van der Waals surface area contributed by atoms with Crippen LogP contribution in [0.4, 0.5) is 0 Å². The van der Waals surface area contributed by atoms with Gasteiger partial charge in [-0.15, -0.1) is 12.4 Å². The molecule has 2 saturated heterocycles. The molecule has 1 atom stereocenters. The Labute approximate surface area is 102 Å². The highest BCUT2D eigenvalue weighted by atomic mass is 35.5. The highest BCUT2D eigenvalue weighted by molar-refractivity contribution is 5.85. The number of hydrogen-bond donors (Lipinski definition) is 1. The summed E-state index contributed by atoms with van der Waals surface area (Å²) in [6.07, 6.45) is 0.0423. The second-order valence-electron chi connectivity index (χ2n) is 4.09. The maximum Gasteiger partial charge on any atom is 0.228 e. The highest BCUT2D eigenvalue weighted by Gasteiger charge is 2.32. The lowest BCUT2D eigenvalue weighted by Gasteiger charge is -2.37. The molecule has 5 nitrogen and oxygen atoms in total. The minimum atomic E-state index is 0. The highest BCUT2D eigenvalue weighted by Crippen LogP contribution is 2.12. The Balaban J connectivity index is 0.00000128. The van der Waals surface area contributed by atoms with Crippen molar-refractivity contribution in [1.82, 2.24) is 10.2 Å². The lowest BCUT2D eigenvalue weighted by molar-refractivity contribution is -0.146. The third kappa shape index (κ3) is 3.07. The average Bonchev–Trinajstić information content (AvgIpc) is 2.16. The summed E-state index contributed by atoms with van der Waals surface area (Å²) in [5.41, 5.74) is 0. The molecule has 1 N–H and O–H groups in total. The van der Waals surface area contributed by atoms with Gasteiger partial charge in [-0.3, -0.25) is 4.79 Å². The molecule has 0 aromatic rings. The van der Waals surface area contributed by atoms with Gasteiger partial charge >= 0.3 is 0 Å². The van der Waals surface area contributed by atoms with Crippen LogP contribution in [0.5, 0.6) is 0 Å². The summed E-state index contributed by atoms with van der Waals surface area (Å²) in [6.45, 7) is 4.22. The van der Waals surface area contributed by atoms with E-state index in [0.717, 1.165) is 19.6 Å². The molecule has 6 heteroatoms. The molecule has 2 fully saturated rings. The number of rotatable bonds is 3. The quantitative estimate of drug-likeness (QED) is 0.734. The molecular formula is C10H19ClN2O3. The Morgan fingerprint density at radius 3 is 2.88 bits per heavy atom. The number of morpholine rings is 1. The number of nitrogens with zero attached hydrogens (tertiary/aromatic N) is 1. The standard InChI is InChI=1S/C10H18N2O3.ClH/c1-14-7-9-6-12(2-3-15-9)10(13)8-4-11-5-8;/h8-9,11H,2-7H2,1H3;1H. The summed E-state index contributed by atoms with van der Waals surface area (Å²) in [5.74, 6) is 0.449. The van der Waals surface area contributed by atoms with Crippen molar-refractivity contribution < 1.29 is 14.3 Å². The van der Waals surface area contributed by atoms with Crippen molar-refractivity contribution in [2.45, 2.75) is 6.10 Å². The van der Waals surface area contributed by atoms with Crippen LogP contribution in [-0.2, 0) is 14.3 Å². The minimum Gasteiger partial charge on any atom is -0.382 e. The van der Waals surface area contributed by atoms with Crippen LogP contribution < -0.4 is 5.32 Å². The predicted molar refractivity (Wildman–Crippen MR) is 61.8 cm³/mol. The van der Waals surface area contributed by atoms with E-state index in [4.69, 9.17) is 9.47 Å². The molecule has 0 bridgehead atoms. The third-order valence-electron chi connectivity index (χ3n) is 2.93. The van der Waals surface area contributed by atoms with Crippen LogP contribution in [0.3, 0.4) is 0 Å². The van der Waals surface area contributed by atoms with Gasteiger partial charge in [-0.1, -0.05) is 0 Å². The monoisotopic (exact) mass is 250 g/mol.